The van der Waals surface area contributed by atoms with Gasteiger partial charge >= 0.3 is 0 Å². The van der Waals surface area contributed by atoms with Crippen molar-refractivity contribution in [3.63, 3.8) is 0 Å². The van der Waals surface area contributed by atoms with Crippen molar-refractivity contribution in [1.82, 2.24) is 9.97 Å². The van der Waals surface area contributed by atoms with Gasteiger partial charge in [0.25, 0.3) is 0 Å². The lowest BCUT2D eigenvalue weighted by molar-refractivity contribution is 0.205. The van der Waals surface area contributed by atoms with Crippen LogP contribution in [-0.4, -0.2) is 30.9 Å². The zero-order valence-corrected chi connectivity index (χ0v) is 12.8. The molecule has 98 valence electrons. The lowest BCUT2D eigenvalue weighted by Crippen LogP contribution is -2.30. The molecule has 1 aromatic heterocycles. The molecule has 0 unspecified atom stereocenters. The molecule has 0 fully saturated rings. The fraction of sp³-hybridized carbons (Fsp3) is 0.231. The molecule has 1 aliphatic rings. The van der Waals surface area contributed by atoms with Crippen LogP contribution in [0.25, 0.3) is 0 Å². The average molecular weight is 368 g/mol. The van der Waals surface area contributed by atoms with Gasteiger partial charge in [-0.2, -0.15) is 0 Å². The van der Waals surface area contributed by atoms with Gasteiger partial charge in [0.1, 0.15) is 6.73 Å². The van der Waals surface area contributed by atoms with E-state index >= 15 is 0 Å². The Morgan fingerprint density at radius 1 is 1.16 bits per heavy atom. The van der Waals surface area contributed by atoms with Crippen LogP contribution in [0, 0.1) is 3.57 Å². The van der Waals surface area contributed by atoms with Crippen molar-refractivity contribution in [2.45, 2.75) is 0 Å². The smallest absolute Gasteiger partial charge is 0.178 e. The predicted molar refractivity (Wildman–Crippen MR) is 83.3 cm³/mol. The first-order valence-electron chi connectivity index (χ1n) is 5.83. The van der Waals surface area contributed by atoms with Gasteiger partial charge in [0.05, 0.1) is 11.4 Å². The number of halogens is 1. The van der Waals surface area contributed by atoms with Crippen molar-refractivity contribution in [1.29, 1.82) is 0 Å². The highest BCUT2D eigenvalue weighted by Gasteiger charge is 2.28. The molecule has 0 spiro atoms. The Kier molecular flexibility index (Phi) is 3.28. The molecule has 0 saturated carbocycles. The molecule has 0 amide bonds. The van der Waals surface area contributed by atoms with Gasteiger partial charge in [0.2, 0.25) is 0 Å². The lowest BCUT2D eigenvalue weighted by Gasteiger charge is -2.35. The van der Waals surface area contributed by atoms with Crippen LogP contribution in [0.4, 0.5) is 23.0 Å². The van der Waals surface area contributed by atoms with Gasteiger partial charge in [0.15, 0.2) is 11.6 Å². The highest BCUT2D eigenvalue weighted by atomic mass is 127. The minimum absolute atomic E-state index is 0.451. The number of methoxy groups -OCH3 is 1. The summed E-state index contributed by atoms with van der Waals surface area (Å²) >= 11 is 2.31. The van der Waals surface area contributed by atoms with Gasteiger partial charge in [-0.15, -0.1) is 0 Å². The second-order valence-corrected chi connectivity index (χ2v) is 5.49. The third-order valence-electron chi connectivity index (χ3n) is 3.08. The van der Waals surface area contributed by atoms with E-state index in [4.69, 9.17) is 4.74 Å². The van der Waals surface area contributed by atoms with E-state index in [1.807, 2.05) is 11.9 Å². The highest BCUT2D eigenvalue weighted by molar-refractivity contribution is 14.1. The maximum absolute atomic E-state index is 5.31. The van der Waals surface area contributed by atoms with Gasteiger partial charge in [0, 0.05) is 30.1 Å². The Morgan fingerprint density at radius 2 is 1.89 bits per heavy atom. The van der Waals surface area contributed by atoms with E-state index in [0.717, 1.165) is 23.0 Å². The number of hydrogen-bond acceptors (Lipinski definition) is 5. The number of rotatable bonds is 2. The summed E-state index contributed by atoms with van der Waals surface area (Å²) in [5.41, 5.74) is 2.19. The predicted octanol–water partition coefficient (Wildman–Crippen LogP) is 2.90. The Hall–Kier alpha value is -1.41. The Morgan fingerprint density at radius 3 is 2.63 bits per heavy atom. The minimum atomic E-state index is 0.451. The standard InChI is InChI=1S/C13H13IN4O/c1-17-10-4-3-9(14)7-11(10)18(8-19-2)13-12(17)15-5-6-16-13/h3-7H,8H2,1-2H3. The van der Waals surface area contributed by atoms with E-state index in [2.05, 4.69) is 55.7 Å². The van der Waals surface area contributed by atoms with Crippen LogP contribution in [0.2, 0.25) is 0 Å². The van der Waals surface area contributed by atoms with E-state index < -0.39 is 0 Å². The van der Waals surface area contributed by atoms with Crippen LogP contribution >= 0.6 is 22.6 Å². The second-order valence-electron chi connectivity index (χ2n) is 4.24. The SMILES string of the molecule is COCN1c2cc(I)ccc2N(C)c2nccnc21. The number of nitrogens with zero attached hydrogens (tertiary/aromatic N) is 4. The first kappa shape index (κ1) is 12.6. The minimum Gasteiger partial charge on any atom is -0.364 e. The quantitative estimate of drug-likeness (QED) is 0.763. The molecule has 5 nitrogen and oxygen atoms in total. The van der Waals surface area contributed by atoms with Crippen molar-refractivity contribution >= 4 is 45.6 Å². The normalized spacial score (nSPS) is 13.2. The molecular weight excluding hydrogens is 355 g/mol. The fourth-order valence-electron chi connectivity index (χ4n) is 2.23. The van der Waals surface area contributed by atoms with Crippen molar-refractivity contribution in [3.8, 4) is 0 Å². The molecule has 3 rings (SSSR count). The number of fused-ring (bicyclic) bond motifs is 2. The van der Waals surface area contributed by atoms with Crippen molar-refractivity contribution in [2.24, 2.45) is 0 Å². The van der Waals surface area contributed by atoms with Gasteiger partial charge in [-0.25, -0.2) is 9.97 Å². The van der Waals surface area contributed by atoms with E-state index in [1.165, 1.54) is 3.57 Å². The maximum Gasteiger partial charge on any atom is 0.178 e. The Balaban J connectivity index is 2.21. The van der Waals surface area contributed by atoms with E-state index in [9.17, 15) is 0 Å². The number of ether oxygens (including phenoxy) is 1. The van der Waals surface area contributed by atoms with Crippen LogP contribution in [-0.2, 0) is 4.74 Å². The Labute approximate surface area is 125 Å². The van der Waals surface area contributed by atoms with Crippen molar-refractivity contribution in [2.75, 3.05) is 30.7 Å². The molecule has 1 aliphatic heterocycles. The van der Waals surface area contributed by atoms with Crippen molar-refractivity contribution in [3.05, 3.63) is 34.2 Å². The second kappa shape index (κ2) is 4.93. The van der Waals surface area contributed by atoms with Gasteiger partial charge in [-0.3, -0.25) is 4.90 Å². The summed E-state index contributed by atoms with van der Waals surface area (Å²) in [5, 5.41) is 0. The summed E-state index contributed by atoms with van der Waals surface area (Å²) < 4.78 is 6.49. The topological polar surface area (TPSA) is 41.5 Å². The van der Waals surface area contributed by atoms with Crippen LogP contribution in [0.1, 0.15) is 0 Å². The van der Waals surface area contributed by atoms with E-state index in [1.54, 1.807) is 19.5 Å². The van der Waals surface area contributed by atoms with E-state index in [0.29, 0.717) is 6.73 Å². The van der Waals surface area contributed by atoms with Crippen LogP contribution < -0.4 is 9.80 Å². The van der Waals surface area contributed by atoms with Crippen LogP contribution in [0.15, 0.2) is 30.6 Å². The summed E-state index contributed by atoms with van der Waals surface area (Å²) in [6.07, 6.45) is 3.41. The van der Waals surface area contributed by atoms with E-state index in [-0.39, 0.29) is 0 Å². The molecule has 2 aromatic rings. The molecular formula is C13H13IN4O. The number of aromatic nitrogens is 2. The van der Waals surface area contributed by atoms with Gasteiger partial charge in [-0.05, 0) is 40.8 Å². The van der Waals surface area contributed by atoms with Gasteiger partial charge in [-0.1, -0.05) is 0 Å². The molecule has 0 saturated heterocycles. The third-order valence-corrected chi connectivity index (χ3v) is 3.75. The highest BCUT2D eigenvalue weighted by Crippen LogP contribution is 2.44. The lowest BCUT2D eigenvalue weighted by atomic mass is 10.2. The average Bonchev–Trinajstić information content (AvgIpc) is 2.43. The molecule has 0 bridgehead atoms. The molecule has 2 heterocycles. The monoisotopic (exact) mass is 368 g/mol. The summed E-state index contributed by atoms with van der Waals surface area (Å²) in [5.74, 6) is 1.66. The number of anilines is 4. The van der Waals surface area contributed by atoms with Crippen LogP contribution in [0.5, 0.6) is 0 Å². The Bertz CT molecular complexity index is 619. The molecule has 1 aromatic carbocycles. The van der Waals surface area contributed by atoms with Gasteiger partial charge < -0.3 is 9.64 Å². The summed E-state index contributed by atoms with van der Waals surface area (Å²) in [4.78, 5) is 13.0. The molecule has 0 N–H and O–H groups in total. The maximum atomic E-state index is 5.31. The molecule has 0 aliphatic carbocycles. The molecule has 0 radical (unpaired) electrons. The fourth-order valence-corrected chi connectivity index (χ4v) is 2.71. The molecule has 6 heteroatoms. The van der Waals surface area contributed by atoms with Crippen molar-refractivity contribution < 1.29 is 4.74 Å². The zero-order chi connectivity index (χ0) is 13.4. The first-order valence-corrected chi connectivity index (χ1v) is 6.91. The third kappa shape index (κ3) is 2.04. The zero-order valence-electron chi connectivity index (χ0n) is 10.7. The largest absolute Gasteiger partial charge is 0.364 e. The summed E-state index contributed by atoms with van der Waals surface area (Å²) in [6, 6.07) is 6.31. The first-order chi connectivity index (χ1) is 9.22. The number of hydrogen-bond donors (Lipinski definition) is 0. The summed E-state index contributed by atoms with van der Waals surface area (Å²) in [6.45, 7) is 0.451. The van der Waals surface area contributed by atoms with Crippen LogP contribution in [0.3, 0.4) is 0 Å². The molecule has 19 heavy (non-hydrogen) atoms. The number of benzene rings is 1. The molecule has 0 atom stereocenters. The summed E-state index contributed by atoms with van der Waals surface area (Å²) in [7, 11) is 3.69.